The summed E-state index contributed by atoms with van der Waals surface area (Å²) in [4.78, 5) is 2.77. The summed E-state index contributed by atoms with van der Waals surface area (Å²) in [6, 6.07) is 8.02. The Morgan fingerprint density at radius 2 is 2.12 bits per heavy atom. The molecule has 4 heteroatoms. The van der Waals surface area contributed by atoms with E-state index in [4.69, 9.17) is 22.7 Å². The molecule has 0 aliphatic heterocycles. The van der Waals surface area contributed by atoms with Crippen LogP contribution >= 0.6 is 12.2 Å². The minimum absolute atomic E-state index is 0.461. The second-order valence-electron chi connectivity index (χ2n) is 3.88. The highest BCUT2D eigenvalue weighted by Crippen LogP contribution is 2.11. The SMILES string of the molecule is CCN(CCOC)Cc1ccccc1C(N)=S. The smallest absolute Gasteiger partial charge is 0.104 e. The van der Waals surface area contributed by atoms with E-state index in [1.165, 1.54) is 5.56 Å². The summed E-state index contributed by atoms with van der Waals surface area (Å²) in [7, 11) is 1.72. The molecule has 0 heterocycles. The Hall–Kier alpha value is -0.970. The van der Waals surface area contributed by atoms with Crippen molar-refractivity contribution >= 4 is 17.2 Å². The van der Waals surface area contributed by atoms with Crippen molar-refractivity contribution in [2.24, 2.45) is 5.73 Å². The number of likely N-dealkylation sites (N-methyl/N-ethyl adjacent to an activating group) is 1. The van der Waals surface area contributed by atoms with Crippen LogP contribution in [0.15, 0.2) is 24.3 Å². The fourth-order valence-corrected chi connectivity index (χ4v) is 1.91. The van der Waals surface area contributed by atoms with Gasteiger partial charge in [-0.3, -0.25) is 4.90 Å². The fourth-order valence-electron chi connectivity index (χ4n) is 1.71. The molecular formula is C13H20N2OS. The van der Waals surface area contributed by atoms with Gasteiger partial charge < -0.3 is 10.5 Å². The van der Waals surface area contributed by atoms with Gasteiger partial charge in [-0.1, -0.05) is 43.4 Å². The molecule has 0 saturated carbocycles. The van der Waals surface area contributed by atoms with Gasteiger partial charge in [-0.25, -0.2) is 0 Å². The van der Waals surface area contributed by atoms with Crippen LogP contribution in [-0.4, -0.2) is 36.7 Å². The molecule has 1 aromatic rings. The summed E-state index contributed by atoms with van der Waals surface area (Å²) in [5.41, 5.74) is 7.87. The molecular weight excluding hydrogens is 232 g/mol. The summed E-state index contributed by atoms with van der Waals surface area (Å²) in [6.07, 6.45) is 0. The highest BCUT2D eigenvalue weighted by molar-refractivity contribution is 7.80. The minimum atomic E-state index is 0.461. The maximum atomic E-state index is 5.72. The highest BCUT2D eigenvalue weighted by Gasteiger charge is 2.08. The fraction of sp³-hybridized carbons (Fsp3) is 0.462. The lowest BCUT2D eigenvalue weighted by atomic mass is 10.1. The van der Waals surface area contributed by atoms with Crippen LogP contribution in [0, 0.1) is 0 Å². The lowest BCUT2D eigenvalue weighted by molar-refractivity contribution is 0.147. The van der Waals surface area contributed by atoms with Crippen molar-refractivity contribution in [2.45, 2.75) is 13.5 Å². The molecule has 17 heavy (non-hydrogen) atoms. The molecule has 0 spiro atoms. The molecule has 0 unspecified atom stereocenters. The quantitative estimate of drug-likeness (QED) is 0.751. The molecule has 1 rings (SSSR count). The van der Waals surface area contributed by atoms with Crippen LogP contribution in [0.3, 0.4) is 0 Å². The first-order valence-corrected chi connectivity index (χ1v) is 6.18. The Morgan fingerprint density at radius 1 is 1.41 bits per heavy atom. The maximum Gasteiger partial charge on any atom is 0.104 e. The second-order valence-corrected chi connectivity index (χ2v) is 4.32. The number of rotatable bonds is 7. The van der Waals surface area contributed by atoms with Gasteiger partial charge in [0.25, 0.3) is 0 Å². The van der Waals surface area contributed by atoms with Crippen molar-refractivity contribution in [3.05, 3.63) is 35.4 Å². The van der Waals surface area contributed by atoms with E-state index in [-0.39, 0.29) is 0 Å². The average Bonchev–Trinajstić information content (AvgIpc) is 2.34. The zero-order valence-electron chi connectivity index (χ0n) is 10.5. The van der Waals surface area contributed by atoms with Crippen molar-refractivity contribution in [3.8, 4) is 0 Å². The van der Waals surface area contributed by atoms with E-state index in [0.717, 1.165) is 31.8 Å². The van der Waals surface area contributed by atoms with Gasteiger partial charge in [0, 0.05) is 25.8 Å². The van der Waals surface area contributed by atoms with Gasteiger partial charge in [-0.15, -0.1) is 0 Å². The van der Waals surface area contributed by atoms with Gasteiger partial charge in [0.2, 0.25) is 0 Å². The molecule has 0 aliphatic carbocycles. The number of ether oxygens (including phenoxy) is 1. The second kappa shape index (κ2) is 7.37. The number of hydrogen-bond acceptors (Lipinski definition) is 3. The van der Waals surface area contributed by atoms with Crippen molar-refractivity contribution in [1.82, 2.24) is 4.90 Å². The zero-order chi connectivity index (χ0) is 12.7. The molecule has 0 saturated heterocycles. The minimum Gasteiger partial charge on any atom is -0.389 e. The van der Waals surface area contributed by atoms with Crippen LogP contribution in [0.4, 0.5) is 0 Å². The first-order valence-electron chi connectivity index (χ1n) is 5.78. The topological polar surface area (TPSA) is 38.5 Å². The van der Waals surface area contributed by atoms with Crippen molar-refractivity contribution in [2.75, 3.05) is 26.8 Å². The molecule has 3 nitrogen and oxygen atoms in total. The number of thiocarbonyl (C=S) groups is 1. The monoisotopic (exact) mass is 252 g/mol. The van der Waals surface area contributed by atoms with Crippen molar-refractivity contribution in [1.29, 1.82) is 0 Å². The van der Waals surface area contributed by atoms with E-state index in [9.17, 15) is 0 Å². The first-order chi connectivity index (χ1) is 8.19. The third-order valence-corrected chi connectivity index (χ3v) is 2.96. The number of nitrogens with two attached hydrogens (primary N) is 1. The van der Waals surface area contributed by atoms with E-state index in [0.29, 0.717) is 4.99 Å². The molecule has 0 amide bonds. The van der Waals surface area contributed by atoms with Gasteiger partial charge in [0.15, 0.2) is 0 Å². The molecule has 94 valence electrons. The Labute approximate surface area is 109 Å². The van der Waals surface area contributed by atoms with E-state index in [2.05, 4.69) is 17.9 Å². The summed E-state index contributed by atoms with van der Waals surface area (Å²) in [6.45, 7) is 5.63. The average molecular weight is 252 g/mol. The van der Waals surface area contributed by atoms with Gasteiger partial charge >= 0.3 is 0 Å². The van der Waals surface area contributed by atoms with Crippen LogP contribution in [0.2, 0.25) is 0 Å². The van der Waals surface area contributed by atoms with Gasteiger partial charge in [0.1, 0.15) is 4.99 Å². The van der Waals surface area contributed by atoms with Crippen LogP contribution < -0.4 is 5.73 Å². The summed E-state index contributed by atoms with van der Waals surface area (Å²) in [5, 5.41) is 0. The summed E-state index contributed by atoms with van der Waals surface area (Å²) in [5.74, 6) is 0. The summed E-state index contributed by atoms with van der Waals surface area (Å²) >= 11 is 5.06. The maximum absolute atomic E-state index is 5.72. The molecule has 0 radical (unpaired) electrons. The largest absolute Gasteiger partial charge is 0.389 e. The highest BCUT2D eigenvalue weighted by atomic mass is 32.1. The van der Waals surface area contributed by atoms with Gasteiger partial charge in [-0.05, 0) is 12.1 Å². The Morgan fingerprint density at radius 3 is 2.71 bits per heavy atom. The van der Waals surface area contributed by atoms with E-state index in [1.54, 1.807) is 7.11 Å². The lowest BCUT2D eigenvalue weighted by Crippen LogP contribution is -2.28. The van der Waals surface area contributed by atoms with E-state index >= 15 is 0 Å². The van der Waals surface area contributed by atoms with Crippen LogP contribution in [0.1, 0.15) is 18.1 Å². The third kappa shape index (κ3) is 4.42. The molecule has 0 bridgehead atoms. The third-order valence-electron chi connectivity index (χ3n) is 2.74. The Kier molecular flexibility index (Phi) is 6.11. The lowest BCUT2D eigenvalue weighted by Gasteiger charge is -2.21. The number of nitrogens with zero attached hydrogens (tertiary/aromatic N) is 1. The normalized spacial score (nSPS) is 10.8. The van der Waals surface area contributed by atoms with Crippen molar-refractivity contribution in [3.63, 3.8) is 0 Å². The van der Waals surface area contributed by atoms with Crippen LogP contribution in [0.25, 0.3) is 0 Å². The van der Waals surface area contributed by atoms with E-state index < -0.39 is 0 Å². The first kappa shape index (κ1) is 14.1. The summed E-state index contributed by atoms with van der Waals surface area (Å²) < 4.78 is 5.10. The molecule has 0 fully saturated rings. The molecule has 0 atom stereocenters. The number of hydrogen-bond donors (Lipinski definition) is 1. The predicted molar refractivity (Wildman–Crippen MR) is 75.2 cm³/mol. The molecule has 0 aliphatic rings. The number of methoxy groups -OCH3 is 1. The Bertz CT molecular complexity index is 368. The predicted octanol–water partition coefficient (Wildman–Crippen LogP) is 1.79. The van der Waals surface area contributed by atoms with Gasteiger partial charge in [-0.2, -0.15) is 0 Å². The van der Waals surface area contributed by atoms with Crippen LogP contribution in [0.5, 0.6) is 0 Å². The standard InChI is InChI=1S/C13H20N2OS/c1-3-15(8-9-16-2)10-11-6-4-5-7-12(11)13(14)17/h4-7H,3,8-10H2,1-2H3,(H2,14,17). The molecule has 1 aromatic carbocycles. The Balaban J connectivity index is 2.75. The van der Waals surface area contributed by atoms with Crippen molar-refractivity contribution < 1.29 is 4.74 Å². The molecule has 2 N–H and O–H groups in total. The van der Waals surface area contributed by atoms with E-state index in [1.807, 2.05) is 18.2 Å². The van der Waals surface area contributed by atoms with Crippen LogP contribution in [-0.2, 0) is 11.3 Å². The zero-order valence-corrected chi connectivity index (χ0v) is 11.3. The number of benzene rings is 1. The molecule has 0 aromatic heterocycles. The van der Waals surface area contributed by atoms with Gasteiger partial charge in [0.05, 0.1) is 6.61 Å².